The standard InChI is InChI=1S/C14H22O6/c15-5-9-19-13-11-17-7-3-1-2-4-8-18-12-14-20-10-6-16/h15-16H,5-14H2. The van der Waals surface area contributed by atoms with Crippen molar-refractivity contribution < 1.29 is 29.2 Å². The topological polar surface area (TPSA) is 77.4 Å². The molecule has 0 rings (SSSR count). The quantitative estimate of drug-likeness (QED) is 0.356. The molecule has 0 aromatic rings. The summed E-state index contributed by atoms with van der Waals surface area (Å²) in [6, 6.07) is 0. The van der Waals surface area contributed by atoms with Crippen molar-refractivity contribution in [2.24, 2.45) is 0 Å². The Balaban J connectivity index is 3.24. The van der Waals surface area contributed by atoms with E-state index in [1.54, 1.807) is 0 Å². The lowest BCUT2D eigenvalue weighted by Crippen LogP contribution is -2.07. The second-order valence-electron chi connectivity index (χ2n) is 3.38. The fraction of sp³-hybridized carbons (Fsp3) is 0.714. The molecule has 0 saturated carbocycles. The van der Waals surface area contributed by atoms with Gasteiger partial charge in [0, 0.05) is 0 Å². The molecule has 2 N–H and O–H groups in total. The molecular weight excluding hydrogens is 264 g/mol. The van der Waals surface area contributed by atoms with E-state index in [0.29, 0.717) is 52.9 Å². The molecule has 114 valence electrons. The fourth-order valence-electron chi connectivity index (χ4n) is 0.976. The lowest BCUT2D eigenvalue weighted by Gasteiger charge is -2.00. The van der Waals surface area contributed by atoms with Crippen molar-refractivity contribution in [1.82, 2.24) is 0 Å². The van der Waals surface area contributed by atoms with Gasteiger partial charge in [-0.25, -0.2) is 0 Å². The van der Waals surface area contributed by atoms with E-state index in [1.165, 1.54) is 0 Å². The Bertz CT molecular complexity index is 277. The predicted molar refractivity (Wildman–Crippen MR) is 73.0 cm³/mol. The van der Waals surface area contributed by atoms with Crippen molar-refractivity contribution in [3.8, 4) is 23.7 Å². The van der Waals surface area contributed by atoms with Crippen LogP contribution in [0.15, 0.2) is 0 Å². The zero-order chi connectivity index (χ0) is 14.7. The molecule has 6 nitrogen and oxygen atoms in total. The van der Waals surface area contributed by atoms with E-state index in [0.717, 1.165) is 0 Å². The Morgan fingerprint density at radius 1 is 0.550 bits per heavy atom. The Morgan fingerprint density at radius 3 is 1.35 bits per heavy atom. The van der Waals surface area contributed by atoms with Gasteiger partial charge in [-0.1, -0.05) is 11.8 Å². The first-order chi connectivity index (χ1) is 9.91. The van der Waals surface area contributed by atoms with Crippen LogP contribution in [0.2, 0.25) is 0 Å². The van der Waals surface area contributed by atoms with Crippen LogP contribution in [-0.2, 0) is 18.9 Å². The van der Waals surface area contributed by atoms with E-state index in [4.69, 9.17) is 29.2 Å². The van der Waals surface area contributed by atoms with Crippen LogP contribution >= 0.6 is 0 Å². The summed E-state index contributed by atoms with van der Waals surface area (Å²) >= 11 is 0. The third-order valence-electron chi connectivity index (χ3n) is 1.80. The van der Waals surface area contributed by atoms with Crippen LogP contribution in [0.5, 0.6) is 0 Å². The summed E-state index contributed by atoms with van der Waals surface area (Å²) in [6.07, 6.45) is 0. The Morgan fingerprint density at radius 2 is 0.950 bits per heavy atom. The van der Waals surface area contributed by atoms with Crippen molar-refractivity contribution in [3.63, 3.8) is 0 Å². The van der Waals surface area contributed by atoms with Gasteiger partial charge in [-0.15, -0.1) is 0 Å². The Hall–Kier alpha value is -1.12. The fourth-order valence-corrected chi connectivity index (χ4v) is 0.976. The summed E-state index contributed by atoms with van der Waals surface area (Å²) in [5.41, 5.74) is 0. The number of rotatable bonds is 12. The van der Waals surface area contributed by atoms with Crippen LogP contribution in [0.3, 0.4) is 0 Å². The van der Waals surface area contributed by atoms with Crippen LogP contribution < -0.4 is 0 Å². The number of ether oxygens (including phenoxy) is 4. The molecule has 0 aliphatic heterocycles. The van der Waals surface area contributed by atoms with Crippen LogP contribution in [0.4, 0.5) is 0 Å². The molecule has 0 bridgehead atoms. The van der Waals surface area contributed by atoms with Crippen molar-refractivity contribution >= 4 is 0 Å². The molecule has 0 aliphatic carbocycles. The summed E-state index contributed by atoms with van der Waals surface area (Å²) in [5.74, 6) is 10.7. The minimum absolute atomic E-state index is 0.0189. The normalized spacial score (nSPS) is 9.50. The lowest BCUT2D eigenvalue weighted by molar-refractivity contribution is 0.0423. The van der Waals surface area contributed by atoms with E-state index in [9.17, 15) is 0 Å². The first kappa shape index (κ1) is 18.9. The summed E-state index contributed by atoms with van der Waals surface area (Å²) in [7, 11) is 0. The first-order valence-corrected chi connectivity index (χ1v) is 6.40. The highest BCUT2D eigenvalue weighted by Crippen LogP contribution is 1.78. The monoisotopic (exact) mass is 286 g/mol. The van der Waals surface area contributed by atoms with E-state index in [2.05, 4.69) is 23.7 Å². The van der Waals surface area contributed by atoms with Crippen LogP contribution in [0.25, 0.3) is 0 Å². The summed E-state index contributed by atoms with van der Waals surface area (Å²) in [4.78, 5) is 0. The molecule has 0 amide bonds. The average molecular weight is 286 g/mol. The SMILES string of the molecule is OCCOCCOCC#CC#CCOCCOCCO. The van der Waals surface area contributed by atoms with Gasteiger partial charge in [0.05, 0.1) is 52.9 Å². The molecule has 0 fully saturated rings. The van der Waals surface area contributed by atoms with E-state index in [1.807, 2.05) is 0 Å². The first-order valence-electron chi connectivity index (χ1n) is 6.40. The largest absolute Gasteiger partial charge is 0.394 e. The Labute approximate surface area is 120 Å². The van der Waals surface area contributed by atoms with Gasteiger partial charge in [0.2, 0.25) is 0 Å². The summed E-state index contributed by atoms with van der Waals surface area (Å²) in [5, 5.41) is 16.9. The predicted octanol–water partition coefficient (Wildman–Crippen LogP) is -0.956. The maximum Gasteiger partial charge on any atom is 0.108 e. The second kappa shape index (κ2) is 17.9. The van der Waals surface area contributed by atoms with Gasteiger partial charge in [0.25, 0.3) is 0 Å². The molecule has 0 aromatic carbocycles. The van der Waals surface area contributed by atoms with Gasteiger partial charge in [-0.05, 0) is 11.8 Å². The summed E-state index contributed by atoms with van der Waals surface area (Å²) in [6.45, 7) is 3.06. The second-order valence-corrected chi connectivity index (χ2v) is 3.38. The van der Waals surface area contributed by atoms with Crippen molar-refractivity contribution in [2.75, 3.05) is 66.1 Å². The number of aliphatic hydroxyl groups is 2. The maximum absolute atomic E-state index is 8.45. The molecule has 20 heavy (non-hydrogen) atoms. The average Bonchev–Trinajstić information content (AvgIpc) is 2.47. The summed E-state index contributed by atoms with van der Waals surface area (Å²) < 4.78 is 20.3. The number of hydrogen-bond donors (Lipinski definition) is 2. The van der Waals surface area contributed by atoms with Crippen molar-refractivity contribution in [3.05, 3.63) is 0 Å². The molecule has 0 saturated heterocycles. The Kier molecular flexibility index (Phi) is 16.9. The van der Waals surface area contributed by atoms with Gasteiger partial charge in [0.15, 0.2) is 0 Å². The van der Waals surface area contributed by atoms with Gasteiger partial charge in [-0.2, -0.15) is 0 Å². The third kappa shape index (κ3) is 16.9. The minimum atomic E-state index is 0.0189. The minimum Gasteiger partial charge on any atom is -0.394 e. The number of aliphatic hydroxyl groups excluding tert-OH is 2. The molecule has 0 radical (unpaired) electrons. The molecule has 0 aromatic heterocycles. The zero-order valence-corrected chi connectivity index (χ0v) is 11.6. The van der Waals surface area contributed by atoms with Crippen molar-refractivity contribution in [2.45, 2.75) is 0 Å². The molecule has 0 aliphatic rings. The molecule has 6 heteroatoms. The molecule has 0 heterocycles. The highest BCUT2D eigenvalue weighted by molar-refractivity contribution is 5.26. The highest BCUT2D eigenvalue weighted by Gasteiger charge is 1.87. The van der Waals surface area contributed by atoms with Gasteiger partial charge in [0.1, 0.15) is 13.2 Å². The van der Waals surface area contributed by atoms with E-state index in [-0.39, 0.29) is 13.2 Å². The maximum atomic E-state index is 8.45. The lowest BCUT2D eigenvalue weighted by atomic mass is 10.5. The van der Waals surface area contributed by atoms with E-state index < -0.39 is 0 Å². The smallest absolute Gasteiger partial charge is 0.108 e. The van der Waals surface area contributed by atoms with Crippen LogP contribution in [0, 0.1) is 23.7 Å². The van der Waals surface area contributed by atoms with Gasteiger partial charge >= 0.3 is 0 Å². The van der Waals surface area contributed by atoms with Gasteiger partial charge < -0.3 is 29.2 Å². The third-order valence-corrected chi connectivity index (χ3v) is 1.80. The van der Waals surface area contributed by atoms with Crippen molar-refractivity contribution in [1.29, 1.82) is 0 Å². The number of hydrogen-bond acceptors (Lipinski definition) is 6. The highest BCUT2D eigenvalue weighted by atomic mass is 16.5. The van der Waals surface area contributed by atoms with Crippen LogP contribution in [-0.4, -0.2) is 76.3 Å². The van der Waals surface area contributed by atoms with Gasteiger partial charge in [-0.3, -0.25) is 0 Å². The molecule has 0 spiro atoms. The molecule has 0 unspecified atom stereocenters. The molecular formula is C14H22O6. The zero-order valence-electron chi connectivity index (χ0n) is 11.6. The van der Waals surface area contributed by atoms with E-state index >= 15 is 0 Å². The van der Waals surface area contributed by atoms with Crippen LogP contribution in [0.1, 0.15) is 0 Å². The molecule has 0 atom stereocenters.